The first kappa shape index (κ1) is 38.0. The van der Waals surface area contributed by atoms with Crippen molar-refractivity contribution in [3.8, 4) is 0 Å². The average molecular weight is 756 g/mol. The Hall–Kier alpha value is -4.32. The van der Waals surface area contributed by atoms with Crippen LogP contribution in [0.4, 0.5) is 19.1 Å². The fourth-order valence-corrected chi connectivity index (χ4v) is 7.93. The van der Waals surface area contributed by atoms with E-state index in [1.165, 1.54) is 9.13 Å². The predicted molar refractivity (Wildman–Crippen MR) is 195 cm³/mol. The first-order chi connectivity index (χ1) is 25.9. The Bertz CT molecular complexity index is 2030. The zero-order chi connectivity index (χ0) is 38.0. The molecular weight excluding hydrogens is 707 g/mol. The third-order valence-electron chi connectivity index (χ3n) is 11.0. The van der Waals surface area contributed by atoms with E-state index in [2.05, 4.69) is 41.2 Å². The van der Waals surface area contributed by atoms with Crippen molar-refractivity contribution in [2.45, 2.75) is 82.3 Å². The largest absolute Gasteiger partial charge is 0.393 e. The minimum Gasteiger partial charge on any atom is -0.393 e. The van der Waals surface area contributed by atoms with Crippen LogP contribution in [0.2, 0.25) is 0 Å². The van der Waals surface area contributed by atoms with E-state index in [-0.39, 0.29) is 42.7 Å². The summed E-state index contributed by atoms with van der Waals surface area (Å²) in [6.07, 6.45) is 2.49. The first-order valence-corrected chi connectivity index (χ1v) is 18.8. The number of carbonyl (C=O) groups excluding carboxylic acids is 2. The summed E-state index contributed by atoms with van der Waals surface area (Å²) in [5.41, 5.74) is 3.92. The van der Waals surface area contributed by atoms with Crippen LogP contribution in [0.15, 0.2) is 35.4 Å². The van der Waals surface area contributed by atoms with Gasteiger partial charge in [0, 0.05) is 83.1 Å². The summed E-state index contributed by atoms with van der Waals surface area (Å²) in [6, 6.07) is 5.21. The highest BCUT2D eigenvalue weighted by atomic mass is 19.4. The molecule has 3 aliphatic rings. The second-order valence-corrected chi connectivity index (χ2v) is 14.7. The van der Waals surface area contributed by atoms with Crippen molar-refractivity contribution in [1.82, 2.24) is 38.8 Å². The van der Waals surface area contributed by atoms with Gasteiger partial charge < -0.3 is 19.7 Å². The average Bonchev–Trinajstić information content (AvgIpc) is 3.61. The number of amides is 2. The number of aryl methyl sites for hydroxylation is 1. The number of imidazole rings is 1. The highest BCUT2D eigenvalue weighted by Crippen LogP contribution is 2.34. The van der Waals surface area contributed by atoms with Crippen molar-refractivity contribution in [3.63, 3.8) is 0 Å². The van der Waals surface area contributed by atoms with Gasteiger partial charge in [-0.05, 0) is 61.8 Å². The van der Waals surface area contributed by atoms with E-state index in [1.807, 2.05) is 18.2 Å². The molecule has 1 saturated carbocycles. The summed E-state index contributed by atoms with van der Waals surface area (Å²) in [6.45, 7) is 5.86. The van der Waals surface area contributed by atoms with Gasteiger partial charge in [0.2, 0.25) is 17.8 Å². The minimum absolute atomic E-state index is 0.156. The molecule has 3 fully saturated rings. The van der Waals surface area contributed by atoms with Crippen molar-refractivity contribution in [3.05, 3.63) is 52.2 Å². The maximum Gasteiger partial charge on any atom is 0.390 e. The molecule has 1 aromatic carbocycles. The lowest BCUT2D eigenvalue weighted by atomic mass is 9.93. The number of anilines is 1. The van der Waals surface area contributed by atoms with Gasteiger partial charge >= 0.3 is 11.9 Å². The second kappa shape index (κ2) is 16.2. The molecule has 54 heavy (non-hydrogen) atoms. The van der Waals surface area contributed by atoms with Crippen LogP contribution in [0.1, 0.15) is 68.2 Å². The van der Waals surface area contributed by atoms with Crippen LogP contribution in [0.5, 0.6) is 0 Å². The Balaban J connectivity index is 0.894. The topological polar surface area (TPSA) is 152 Å². The number of hydrogen-bond acceptors (Lipinski definition) is 10. The molecule has 0 spiro atoms. The third-order valence-corrected chi connectivity index (χ3v) is 11.0. The van der Waals surface area contributed by atoms with E-state index in [0.29, 0.717) is 56.6 Å². The Labute approximate surface area is 310 Å². The van der Waals surface area contributed by atoms with E-state index < -0.39 is 24.5 Å². The SMILES string of the molecule is Cn1c(=O)n([C@H]2CCC(=O)NC2=O)c2ccc(CCOCCN3CCN(Cc4cn([C@H]5CC[C@H](O)CC5)c5nc(NCCC(F)(F)F)ncc45)CC3)cc21. The van der Waals surface area contributed by atoms with Crippen molar-refractivity contribution in [2.75, 3.05) is 57.8 Å². The summed E-state index contributed by atoms with van der Waals surface area (Å²) < 4.78 is 49.4. The Morgan fingerprint density at radius 1 is 1.00 bits per heavy atom. The van der Waals surface area contributed by atoms with Gasteiger partial charge in [-0.2, -0.15) is 18.2 Å². The molecular formula is C37H48F3N9O5. The number of benzene rings is 1. The number of alkyl halides is 3. The molecule has 14 nitrogen and oxygen atoms in total. The molecule has 292 valence electrons. The number of aromatic nitrogens is 5. The summed E-state index contributed by atoms with van der Waals surface area (Å²) in [7, 11) is 1.69. The van der Waals surface area contributed by atoms with Crippen molar-refractivity contribution in [2.24, 2.45) is 7.05 Å². The molecule has 3 N–H and O–H groups in total. The number of aliphatic hydroxyl groups excluding tert-OH is 1. The van der Waals surface area contributed by atoms with Crippen LogP contribution in [-0.4, -0.2) is 115 Å². The summed E-state index contributed by atoms with van der Waals surface area (Å²) >= 11 is 0. The van der Waals surface area contributed by atoms with Crippen molar-refractivity contribution >= 4 is 39.8 Å². The molecule has 2 amide bonds. The van der Waals surface area contributed by atoms with Crippen LogP contribution in [0.3, 0.4) is 0 Å². The fourth-order valence-electron chi connectivity index (χ4n) is 7.93. The number of piperidine rings is 1. The summed E-state index contributed by atoms with van der Waals surface area (Å²) in [5, 5.41) is 16.0. The molecule has 0 radical (unpaired) electrons. The minimum atomic E-state index is -4.26. The van der Waals surface area contributed by atoms with Gasteiger partial charge in [-0.15, -0.1) is 0 Å². The molecule has 5 heterocycles. The molecule has 2 aliphatic heterocycles. The third kappa shape index (κ3) is 8.64. The fraction of sp³-hybridized carbons (Fsp3) is 0.595. The maximum atomic E-state index is 13.1. The van der Waals surface area contributed by atoms with Gasteiger partial charge in [0.15, 0.2) is 0 Å². The van der Waals surface area contributed by atoms with Gasteiger partial charge in [-0.1, -0.05) is 6.07 Å². The zero-order valence-corrected chi connectivity index (χ0v) is 30.5. The van der Waals surface area contributed by atoms with E-state index in [9.17, 15) is 32.7 Å². The highest BCUT2D eigenvalue weighted by Gasteiger charge is 2.32. The lowest BCUT2D eigenvalue weighted by Crippen LogP contribution is -2.46. The summed E-state index contributed by atoms with van der Waals surface area (Å²) in [4.78, 5) is 51.0. The monoisotopic (exact) mass is 755 g/mol. The predicted octanol–water partition coefficient (Wildman–Crippen LogP) is 3.28. The van der Waals surface area contributed by atoms with E-state index in [0.717, 1.165) is 67.6 Å². The quantitative estimate of drug-likeness (QED) is 0.137. The highest BCUT2D eigenvalue weighted by molar-refractivity contribution is 6.00. The smallest absolute Gasteiger partial charge is 0.390 e. The number of imide groups is 1. The lowest BCUT2D eigenvalue weighted by Gasteiger charge is -2.34. The number of aliphatic hydroxyl groups is 1. The first-order valence-electron chi connectivity index (χ1n) is 18.8. The standard InChI is InChI=1S/C37H48F3N9O5/c1-45-31-20-24(2-7-29(31)49(36(45)53)30-8-9-32(51)43-34(30)52)10-18-54-19-17-46-13-15-47(16-14-46)22-25-23-48(26-3-5-27(50)6-4-26)33-28(25)21-42-35(44-33)41-12-11-37(38,39)40/h2,7,20-21,23,26-27,30,50H,3-6,8-19,22H2,1H3,(H,41,42,44)(H,43,51,52)/t26-,27-,30-/m0/s1. The molecule has 1 atom stereocenters. The molecule has 0 unspecified atom stereocenters. The number of halogens is 3. The van der Waals surface area contributed by atoms with E-state index in [1.54, 1.807) is 13.2 Å². The van der Waals surface area contributed by atoms with E-state index in [4.69, 9.17) is 4.74 Å². The number of hydrogen-bond donors (Lipinski definition) is 3. The Kier molecular flexibility index (Phi) is 11.4. The van der Waals surface area contributed by atoms with Crippen LogP contribution >= 0.6 is 0 Å². The summed E-state index contributed by atoms with van der Waals surface area (Å²) in [5.74, 6) is -0.591. The van der Waals surface area contributed by atoms with Gasteiger partial charge in [-0.25, -0.2) is 9.78 Å². The molecule has 0 bridgehead atoms. The van der Waals surface area contributed by atoms with Crippen molar-refractivity contribution < 1.29 is 32.6 Å². The van der Waals surface area contributed by atoms with Crippen LogP contribution in [0, 0.1) is 0 Å². The Morgan fingerprint density at radius 2 is 1.76 bits per heavy atom. The lowest BCUT2D eigenvalue weighted by molar-refractivity contribution is -0.136. The van der Waals surface area contributed by atoms with Gasteiger partial charge in [-0.3, -0.25) is 33.8 Å². The molecule has 1 aliphatic carbocycles. The molecule has 3 aromatic heterocycles. The number of nitrogens with zero attached hydrogens (tertiary/aromatic N) is 7. The normalized spacial score (nSPS) is 22.0. The number of carbonyl (C=O) groups is 2. The number of rotatable bonds is 13. The molecule has 17 heteroatoms. The zero-order valence-electron chi connectivity index (χ0n) is 30.5. The number of piperazine rings is 1. The van der Waals surface area contributed by atoms with Crippen molar-refractivity contribution in [1.29, 1.82) is 0 Å². The van der Waals surface area contributed by atoms with Gasteiger partial charge in [0.05, 0.1) is 36.8 Å². The van der Waals surface area contributed by atoms with Gasteiger partial charge in [0.1, 0.15) is 11.7 Å². The number of ether oxygens (including phenoxy) is 1. The number of nitrogens with one attached hydrogen (secondary N) is 2. The molecule has 2 saturated heterocycles. The van der Waals surface area contributed by atoms with Gasteiger partial charge in [0.25, 0.3) is 0 Å². The van der Waals surface area contributed by atoms with Crippen LogP contribution in [0.25, 0.3) is 22.1 Å². The molecule has 4 aromatic rings. The van der Waals surface area contributed by atoms with E-state index >= 15 is 0 Å². The van der Waals surface area contributed by atoms with Crippen LogP contribution in [-0.2, 0) is 34.3 Å². The number of fused-ring (bicyclic) bond motifs is 2. The van der Waals surface area contributed by atoms with Crippen LogP contribution < -0.4 is 16.3 Å². The molecule has 7 rings (SSSR count). The maximum absolute atomic E-state index is 13.1. The Morgan fingerprint density at radius 3 is 2.50 bits per heavy atom. The second-order valence-electron chi connectivity index (χ2n) is 14.7.